The Morgan fingerprint density at radius 2 is 1.87 bits per heavy atom. The molecule has 0 aliphatic carbocycles. The van der Waals surface area contributed by atoms with E-state index in [1.807, 2.05) is 47.4 Å². The molecule has 1 fully saturated rings. The Kier molecular flexibility index (Phi) is 5.34. The van der Waals surface area contributed by atoms with Crippen LogP contribution in [0.2, 0.25) is 0 Å². The number of ether oxygens (including phenoxy) is 1. The van der Waals surface area contributed by atoms with Crippen molar-refractivity contribution in [3.05, 3.63) is 62.5 Å². The van der Waals surface area contributed by atoms with Gasteiger partial charge in [-0.3, -0.25) is 4.79 Å². The van der Waals surface area contributed by atoms with Crippen LogP contribution in [0.4, 0.5) is 0 Å². The lowest BCUT2D eigenvalue weighted by atomic mass is 10.1. The first-order valence-corrected chi connectivity index (χ1v) is 9.75. The minimum absolute atomic E-state index is 0.0291. The van der Waals surface area contributed by atoms with E-state index in [1.54, 1.807) is 18.9 Å². The van der Waals surface area contributed by atoms with E-state index >= 15 is 0 Å². The number of hydrogen-bond donors (Lipinski definition) is 0. The lowest BCUT2D eigenvalue weighted by Crippen LogP contribution is -2.30. The zero-order valence-corrected chi connectivity index (χ0v) is 16.4. The zero-order chi connectivity index (χ0) is 16.4. The van der Waals surface area contributed by atoms with Crippen LogP contribution in [-0.2, 0) is 0 Å². The first-order chi connectivity index (χ1) is 11.1. The molecule has 0 N–H and O–H groups in total. The third-order valence-corrected chi connectivity index (χ3v) is 5.97. The highest BCUT2D eigenvalue weighted by atomic mass is 79.9. The molecule has 23 heavy (non-hydrogen) atoms. The number of carbonyl (C=O) groups is 1. The smallest absolute Gasteiger partial charge is 0.255 e. The average Bonchev–Trinajstić information content (AvgIpc) is 3.04. The highest BCUT2D eigenvalue weighted by Crippen LogP contribution is 2.43. The van der Waals surface area contributed by atoms with Gasteiger partial charge in [-0.2, -0.15) is 0 Å². The van der Waals surface area contributed by atoms with Gasteiger partial charge in [-0.15, -0.1) is 11.8 Å². The normalized spacial score (nSPS) is 17.3. The summed E-state index contributed by atoms with van der Waals surface area (Å²) in [5.41, 5.74) is 1.73. The predicted molar refractivity (Wildman–Crippen MR) is 101 cm³/mol. The summed E-state index contributed by atoms with van der Waals surface area (Å²) < 4.78 is 7.43. The first-order valence-electron chi connectivity index (χ1n) is 7.11. The van der Waals surface area contributed by atoms with Crippen molar-refractivity contribution >= 4 is 49.5 Å². The Labute approximate surface area is 156 Å². The number of thioether (sulfide) groups is 1. The van der Waals surface area contributed by atoms with Crippen LogP contribution in [0.5, 0.6) is 5.75 Å². The van der Waals surface area contributed by atoms with Gasteiger partial charge in [-0.05, 0) is 42.5 Å². The maximum atomic E-state index is 12.9. The Balaban J connectivity index is 1.92. The summed E-state index contributed by atoms with van der Waals surface area (Å²) in [5, 5.41) is -0.0291. The number of nitrogens with zero attached hydrogens (tertiary/aromatic N) is 1. The molecule has 0 bridgehead atoms. The number of amides is 1. The highest BCUT2D eigenvalue weighted by molar-refractivity contribution is 9.10. The van der Waals surface area contributed by atoms with Gasteiger partial charge in [-0.1, -0.05) is 31.9 Å². The van der Waals surface area contributed by atoms with Crippen LogP contribution in [0.3, 0.4) is 0 Å². The van der Waals surface area contributed by atoms with E-state index in [-0.39, 0.29) is 11.3 Å². The van der Waals surface area contributed by atoms with Crippen LogP contribution in [0.15, 0.2) is 51.4 Å². The van der Waals surface area contributed by atoms with Gasteiger partial charge in [0.15, 0.2) is 0 Å². The minimum atomic E-state index is -0.0291. The van der Waals surface area contributed by atoms with Crippen molar-refractivity contribution in [2.45, 2.75) is 5.37 Å². The van der Waals surface area contributed by atoms with Crippen molar-refractivity contribution in [2.75, 3.05) is 19.4 Å². The van der Waals surface area contributed by atoms with Crippen LogP contribution in [0.1, 0.15) is 21.3 Å². The second-order valence-corrected chi connectivity index (χ2v) is 8.13. The second kappa shape index (κ2) is 7.28. The fourth-order valence-electron chi connectivity index (χ4n) is 2.59. The molecule has 3 rings (SSSR count). The van der Waals surface area contributed by atoms with Crippen molar-refractivity contribution in [1.29, 1.82) is 0 Å². The number of hydrogen-bond acceptors (Lipinski definition) is 3. The summed E-state index contributed by atoms with van der Waals surface area (Å²) in [4.78, 5) is 14.8. The number of methoxy groups -OCH3 is 1. The van der Waals surface area contributed by atoms with Crippen LogP contribution in [0.25, 0.3) is 0 Å². The summed E-state index contributed by atoms with van der Waals surface area (Å²) in [7, 11) is 1.66. The lowest BCUT2D eigenvalue weighted by Gasteiger charge is -2.25. The standard InChI is InChI=1S/C17H15Br2NO2S/c1-22-15-7-6-13(19)10-14(15)17-20(8-9-23-17)16(21)11-2-4-12(18)5-3-11/h2-7,10,17H,8-9H2,1H3. The van der Waals surface area contributed by atoms with Gasteiger partial charge < -0.3 is 9.64 Å². The molecule has 1 atom stereocenters. The molecule has 3 nitrogen and oxygen atoms in total. The van der Waals surface area contributed by atoms with Crippen molar-refractivity contribution < 1.29 is 9.53 Å². The Hall–Kier alpha value is -0.980. The fourth-order valence-corrected chi connectivity index (χ4v) is 4.51. The average molecular weight is 457 g/mol. The van der Waals surface area contributed by atoms with E-state index < -0.39 is 0 Å². The number of halogens is 2. The van der Waals surface area contributed by atoms with Gasteiger partial charge in [0.1, 0.15) is 11.1 Å². The lowest BCUT2D eigenvalue weighted by molar-refractivity contribution is 0.0759. The molecule has 0 spiro atoms. The molecule has 2 aromatic carbocycles. The topological polar surface area (TPSA) is 29.5 Å². The van der Waals surface area contributed by atoms with Crippen molar-refractivity contribution in [2.24, 2.45) is 0 Å². The van der Waals surface area contributed by atoms with Crippen LogP contribution in [0, 0.1) is 0 Å². The molecule has 0 radical (unpaired) electrons. The Morgan fingerprint density at radius 1 is 1.17 bits per heavy atom. The maximum absolute atomic E-state index is 12.9. The molecule has 1 amide bonds. The maximum Gasteiger partial charge on any atom is 0.255 e. The van der Waals surface area contributed by atoms with Gasteiger partial charge in [0.25, 0.3) is 5.91 Å². The van der Waals surface area contributed by atoms with Crippen molar-refractivity contribution in [1.82, 2.24) is 4.90 Å². The molecule has 6 heteroatoms. The summed E-state index contributed by atoms with van der Waals surface area (Å²) in [6, 6.07) is 13.4. The highest BCUT2D eigenvalue weighted by Gasteiger charge is 2.33. The predicted octanol–water partition coefficient (Wildman–Crippen LogP) is 5.11. The van der Waals surface area contributed by atoms with E-state index in [0.29, 0.717) is 5.56 Å². The second-order valence-electron chi connectivity index (χ2n) is 5.11. The summed E-state index contributed by atoms with van der Waals surface area (Å²) in [6.07, 6.45) is 0. The van der Waals surface area contributed by atoms with Gasteiger partial charge in [0.05, 0.1) is 7.11 Å². The summed E-state index contributed by atoms with van der Waals surface area (Å²) in [6.45, 7) is 0.736. The zero-order valence-electron chi connectivity index (χ0n) is 12.5. The van der Waals surface area contributed by atoms with Gasteiger partial charge >= 0.3 is 0 Å². The molecule has 1 saturated heterocycles. The molecule has 2 aromatic rings. The van der Waals surface area contributed by atoms with E-state index in [9.17, 15) is 4.79 Å². The monoisotopic (exact) mass is 455 g/mol. The number of benzene rings is 2. The van der Waals surface area contributed by atoms with Crippen molar-refractivity contribution in [3.8, 4) is 5.75 Å². The summed E-state index contributed by atoms with van der Waals surface area (Å²) in [5.74, 6) is 1.78. The van der Waals surface area contributed by atoms with E-state index in [4.69, 9.17) is 4.74 Å². The molecule has 1 aliphatic heterocycles. The Morgan fingerprint density at radius 3 is 2.57 bits per heavy atom. The molecular weight excluding hydrogens is 442 g/mol. The van der Waals surface area contributed by atoms with Crippen molar-refractivity contribution in [3.63, 3.8) is 0 Å². The molecular formula is C17H15Br2NO2S. The largest absolute Gasteiger partial charge is 0.496 e. The van der Waals surface area contributed by atoms with Gasteiger partial charge in [-0.25, -0.2) is 0 Å². The molecule has 1 unspecified atom stereocenters. The molecule has 0 saturated carbocycles. The first kappa shape index (κ1) is 16.9. The van der Waals surface area contributed by atoms with Gasteiger partial charge in [0.2, 0.25) is 0 Å². The number of rotatable bonds is 3. The quantitative estimate of drug-likeness (QED) is 0.642. The van der Waals surface area contributed by atoms with Gasteiger partial charge in [0, 0.05) is 32.4 Å². The van der Waals surface area contributed by atoms with E-state index in [1.165, 1.54) is 0 Å². The Bertz CT molecular complexity index is 721. The van der Waals surface area contributed by atoms with Crippen LogP contribution < -0.4 is 4.74 Å². The fraction of sp³-hybridized carbons (Fsp3) is 0.235. The molecule has 120 valence electrons. The van der Waals surface area contributed by atoms with E-state index in [0.717, 1.165) is 32.6 Å². The third-order valence-electron chi connectivity index (χ3n) is 3.70. The third kappa shape index (κ3) is 3.59. The summed E-state index contributed by atoms with van der Waals surface area (Å²) >= 11 is 8.67. The molecule has 1 aliphatic rings. The molecule has 1 heterocycles. The van der Waals surface area contributed by atoms with E-state index in [2.05, 4.69) is 31.9 Å². The number of carbonyl (C=O) groups excluding carboxylic acids is 1. The SMILES string of the molecule is COc1ccc(Br)cc1C1SCCN1C(=O)c1ccc(Br)cc1. The molecule has 0 aromatic heterocycles. The minimum Gasteiger partial charge on any atom is -0.496 e. The van der Waals surface area contributed by atoms with Crippen LogP contribution in [-0.4, -0.2) is 30.2 Å². The van der Waals surface area contributed by atoms with Crippen LogP contribution >= 0.6 is 43.6 Å².